The fraction of sp³-hybridized carbons (Fsp3) is 0.100. The van der Waals surface area contributed by atoms with Crippen LogP contribution in [0.15, 0.2) is 66.7 Å². The van der Waals surface area contributed by atoms with Crippen molar-refractivity contribution in [3.8, 4) is 6.07 Å². The molecule has 3 aromatic carbocycles. The fourth-order valence-electron chi connectivity index (χ4n) is 2.57. The average Bonchev–Trinajstić information content (AvgIpc) is 2.60. The molecular weight excluding hydrogens is 286 g/mol. The van der Waals surface area contributed by atoms with Crippen LogP contribution in [0, 0.1) is 11.3 Å². The van der Waals surface area contributed by atoms with Crippen LogP contribution >= 0.6 is 0 Å². The molecule has 0 atom stereocenters. The van der Waals surface area contributed by atoms with Gasteiger partial charge in [-0.25, -0.2) is 0 Å². The summed E-state index contributed by atoms with van der Waals surface area (Å²) in [5.41, 5.74) is 2.20. The Morgan fingerprint density at radius 2 is 1.61 bits per heavy atom. The second kappa shape index (κ2) is 6.76. The largest absolute Gasteiger partial charge is 0.461 e. The van der Waals surface area contributed by atoms with Gasteiger partial charge in [0.15, 0.2) is 0 Å². The highest BCUT2D eigenvalue weighted by Gasteiger charge is 2.09. The van der Waals surface area contributed by atoms with Crippen molar-refractivity contribution in [3.05, 3.63) is 83.4 Å². The van der Waals surface area contributed by atoms with Gasteiger partial charge in [-0.2, -0.15) is 5.26 Å². The minimum atomic E-state index is -0.297. The highest BCUT2D eigenvalue weighted by Crippen LogP contribution is 2.19. The molecular formula is C20H15NO2. The predicted molar refractivity (Wildman–Crippen MR) is 88.6 cm³/mol. The highest BCUT2D eigenvalue weighted by atomic mass is 16.5. The van der Waals surface area contributed by atoms with Gasteiger partial charge in [-0.3, -0.25) is 4.79 Å². The van der Waals surface area contributed by atoms with E-state index in [0.717, 1.165) is 21.9 Å². The third kappa shape index (κ3) is 3.38. The Morgan fingerprint density at radius 3 is 2.48 bits per heavy atom. The minimum Gasteiger partial charge on any atom is -0.461 e. The molecule has 0 saturated carbocycles. The van der Waals surface area contributed by atoms with Gasteiger partial charge in [0, 0.05) is 5.56 Å². The Balaban J connectivity index is 1.71. The summed E-state index contributed by atoms with van der Waals surface area (Å²) in [6, 6.07) is 23.1. The Kier molecular flexibility index (Phi) is 4.35. The number of rotatable bonds is 4. The highest BCUT2D eigenvalue weighted by molar-refractivity contribution is 5.88. The van der Waals surface area contributed by atoms with Crippen LogP contribution < -0.4 is 0 Å². The molecule has 0 heterocycles. The van der Waals surface area contributed by atoms with Crippen LogP contribution in [0.2, 0.25) is 0 Å². The van der Waals surface area contributed by atoms with Crippen LogP contribution in [0.3, 0.4) is 0 Å². The number of nitriles is 1. The summed E-state index contributed by atoms with van der Waals surface area (Å²) in [7, 11) is 0. The maximum absolute atomic E-state index is 12.1. The predicted octanol–water partition coefficient (Wildman–Crippen LogP) is 4.00. The molecule has 3 nitrogen and oxygen atoms in total. The van der Waals surface area contributed by atoms with Gasteiger partial charge in [0.2, 0.25) is 0 Å². The molecule has 0 aliphatic rings. The van der Waals surface area contributed by atoms with E-state index in [1.165, 1.54) is 0 Å². The lowest BCUT2D eigenvalue weighted by Crippen LogP contribution is -2.09. The van der Waals surface area contributed by atoms with Gasteiger partial charge in [-0.1, -0.05) is 60.7 Å². The number of carbonyl (C=O) groups excluding carboxylic acids is 1. The van der Waals surface area contributed by atoms with Gasteiger partial charge in [0.1, 0.15) is 6.61 Å². The van der Waals surface area contributed by atoms with Gasteiger partial charge < -0.3 is 4.74 Å². The first-order valence-electron chi connectivity index (χ1n) is 7.38. The van der Waals surface area contributed by atoms with Gasteiger partial charge in [0.05, 0.1) is 18.1 Å². The number of hydrogen-bond donors (Lipinski definition) is 0. The van der Waals surface area contributed by atoms with Crippen molar-refractivity contribution >= 4 is 16.7 Å². The maximum Gasteiger partial charge on any atom is 0.310 e. The van der Waals surface area contributed by atoms with Gasteiger partial charge in [-0.05, 0) is 22.4 Å². The van der Waals surface area contributed by atoms with Crippen molar-refractivity contribution in [1.82, 2.24) is 0 Å². The SMILES string of the molecule is N#Cc1ccccc1COC(=O)Cc1cccc2ccccc12. The van der Waals surface area contributed by atoms with Crippen molar-refractivity contribution in [2.24, 2.45) is 0 Å². The van der Waals surface area contributed by atoms with Crippen molar-refractivity contribution in [1.29, 1.82) is 5.26 Å². The molecule has 0 amide bonds. The number of ether oxygens (including phenoxy) is 1. The van der Waals surface area contributed by atoms with Crippen LogP contribution in [0.1, 0.15) is 16.7 Å². The van der Waals surface area contributed by atoms with E-state index in [1.54, 1.807) is 18.2 Å². The lowest BCUT2D eigenvalue weighted by molar-refractivity contribution is -0.144. The van der Waals surface area contributed by atoms with E-state index in [2.05, 4.69) is 6.07 Å². The number of hydrogen-bond acceptors (Lipinski definition) is 3. The van der Waals surface area contributed by atoms with Crippen LogP contribution in [0.25, 0.3) is 10.8 Å². The molecule has 0 saturated heterocycles. The molecule has 0 radical (unpaired) electrons. The van der Waals surface area contributed by atoms with Crippen molar-refractivity contribution in [2.75, 3.05) is 0 Å². The summed E-state index contributed by atoms with van der Waals surface area (Å²) < 4.78 is 5.33. The summed E-state index contributed by atoms with van der Waals surface area (Å²) in [6.07, 6.45) is 0.218. The van der Waals surface area contributed by atoms with Crippen molar-refractivity contribution < 1.29 is 9.53 Å². The van der Waals surface area contributed by atoms with Crippen LogP contribution in [0.5, 0.6) is 0 Å². The summed E-state index contributed by atoms with van der Waals surface area (Å²) >= 11 is 0. The molecule has 112 valence electrons. The quantitative estimate of drug-likeness (QED) is 0.684. The maximum atomic E-state index is 12.1. The molecule has 23 heavy (non-hydrogen) atoms. The molecule has 0 aromatic heterocycles. The summed E-state index contributed by atoms with van der Waals surface area (Å²) in [5, 5.41) is 11.2. The topological polar surface area (TPSA) is 50.1 Å². The van der Waals surface area contributed by atoms with E-state index in [1.807, 2.05) is 48.5 Å². The lowest BCUT2D eigenvalue weighted by atomic mass is 10.0. The second-order valence-corrected chi connectivity index (χ2v) is 5.24. The molecule has 0 bridgehead atoms. The van der Waals surface area contributed by atoms with Gasteiger partial charge >= 0.3 is 5.97 Å². The first-order chi connectivity index (χ1) is 11.3. The molecule has 3 rings (SSSR count). The summed E-state index contributed by atoms with van der Waals surface area (Å²) in [6.45, 7) is 0.118. The lowest BCUT2D eigenvalue weighted by Gasteiger charge is -2.08. The normalized spacial score (nSPS) is 10.2. The Labute approximate surface area is 134 Å². The Hall–Kier alpha value is -3.12. The Bertz CT molecular complexity index is 888. The van der Waals surface area contributed by atoms with E-state index in [-0.39, 0.29) is 19.0 Å². The smallest absolute Gasteiger partial charge is 0.310 e. The third-order valence-electron chi connectivity index (χ3n) is 3.74. The van der Waals surface area contributed by atoms with E-state index in [9.17, 15) is 4.79 Å². The zero-order valence-corrected chi connectivity index (χ0v) is 12.5. The van der Waals surface area contributed by atoms with Crippen molar-refractivity contribution in [3.63, 3.8) is 0 Å². The van der Waals surface area contributed by atoms with E-state index >= 15 is 0 Å². The first kappa shape index (κ1) is 14.8. The van der Waals surface area contributed by atoms with E-state index in [4.69, 9.17) is 10.00 Å². The minimum absolute atomic E-state index is 0.118. The van der Waals surface area contributed by atoms with Crippen LogP contribution in [-0.2, 0) is 22.6 Å². The molecule has 3 aromatic rings. The number of nitrogens with zero attached hydrogens (tertiary/aromatic N) is 1. The summed E-state index contributed by atoms with van der Waals surface area (Å²) in [5.74, 6) is -0.297. The number of esters is 1. The van der Waals surface area contributed by atoms with Crippen molar-refractivity contribution in [2.45, 2.75) is 13.0 Å². The molecule has 0 N–H and O–H groups in total. The Morgan fingerprint density at radius 1 is 0.913 bits per heavy atom. The number of fused-ring (bicyclic) bond motifs is 1. The number of carbonyl (C=O) groups is 1. The monoisotopic (exact) mass is 301 g/mol. The van der Waals surface area contributed by atoms with Gasteiger partial charge in [-0.15, -0.1) is 0 Å². The van der Waals surface area contributed by atoms with Gasteiger partial charge in [0.25, 0.3) is 0 Å². The van der Waals surface area contributed by atoms with E-state index in [0.29, 0.717) is 5.56 Å². The molecule has 0 spiro atoms. The fourth-order valence-corrected chi connectivity index (χ4v) is 2.57. The summed E-state index contributed by atoms with van der Waals surface area (Å²) in [4.78, 5) is 12.1. The zero-order valence-electron chi connectivity index (χ0n) is 12.5. The molecule has 0 unspecified atom stereocenters. The molecule has 3 heteroatoms. The third-order valence-corrected chi connectivity index (χ3v) is 3.74. The van der Waals surface area contributed by atoms with E-state index < -0.39 is 0 Å². The molecule has 0 aliphatic carbocycles. The van der Waals surface area contributed by atoms with Crippen LogP contribution in [-0.4, -0.2) is 5.97 Å². The average molecular weight is 301 g/mol. The molecule has 0 fully saturated rings. The standard InChI is InChI=1S/C20H15NO2/c21-13-17-7-1-2-8-18(17)14-23-20(22)12-16-10-5-9-15-6-3-4-11-19(15)16/h1-11H,12,14H2. The van der Waals surface area contributed by atoms with Crippen LogP contribution in [0.4, 0.5) is 0 Å². The number of benzene rings is 3. The zero-order chi connectivity index (χ0) is 16.1. The molecule has 0 aliphatic heterocycles. The second-order valence-electron chi connectivity index (χ2n) is 5.24. The first-order valence-corrected chi connectivity index (χ1v) is 7.38.